The van der Waals surface area contributed by atoms with Crippen molar-refractivity contribution in [2.45, 2.75) is 84.3 Å². The quantitative estimate of drug-likeness (QED) is 0.272. The van der Waals surface area contributed by atoms with E-state index >= 15 is 0 Å². The minimum atomic E-state index is -1.73. The van der Waals surface area contributed by atoms with E-state index in [2.05, 4.69) is 30.4 Å². The number of allylic oxidation sites excluding steroid dienone is 2. The Morgan fingerprint density at radius 2 is 1.91 bits per heavy atom. The molecule has 0 radical (unpaired) electrons. The summed E-state index contributed by atoms with van der Waals surface area (Å²) in [6, 6.07) is 3.23. The van der Waals surface area contributed by atoms with Gasteiger partial charge >= 0.3 is 5.97 Å². The number of hydrogen-bond donors (Lipinski definition) is 3. The van der Waals surface area contributed by atoms with Crippen molar-refractivity contribution in [3.63, 3.8) is 0 Å². The predicted molar refractivity (Wildman–Crippen MR) is 157 cm³/mol. The zero-order valence-corrected chi connectivity index (χ0v) is 25.0. The third kappa shape index (κ3) is 5.71. The Morgan fingerprint density at radius 1 is 1.14 bits per heavy atom. The van der Waals surface area contributed by atoms with Crippen molar-refractivity contribution in [2.75, 3.05) is 6.61 Å². The Hall–Kier alpha value is -3.60. The molecule has 0 heterocycles. The molecule has 8 atom stereocenters. The van der Waals surface area contributed by atoms with Gasteiger partial charge in [-0.3, -0.25) is 19.7 Å². The molecule has 0 aliphatic heterocycles. The number of rotatable bonds is 9. The van der Waals surface area contributed by atoms with E-state index in [1.807, 2.05) is 0 Å². The zero-order valence-electron chi connectivity index (χ0n) is 25.0. The summed E-state index contributed by atoms with van der Waals surface area (Å²) in [6.07, 6.45) is 8.50. The third-order valence-corrected chi connectivity index (χ3v) is 11.2. The highest BCUT2D eigenvalue weighted by Gasteiger charge is 2.59. The van der Waals surface area contributed by atoms with Crippen molar-refractivity contribution >= 4 is 29.1 Å². The Kier molecular flexibility index (Phi) is 8.48. The molecule has 1 aromatic carbocycles. The Bertz CT molecular complexity index is 1370. The van der Waals surface area contributed by atoms with E-state index in [1.54, 1.807) is 6.92 Å². The van der Waals surface area contributed by atoms with Gasteiger partial charge in [0.15, 0.2) is 12.6 Å². The fraction of sp³-hybridized carbons (Fsp3) is 0.625. The maximum atomic E-state index is 12.5. The molecule has 0 spiro atoms. The monoisotopic (exact) mass is 595 g/mol. The Morgan fingerprint density at radius 3 is 2.60 bits per heavy atom. The first-order chi connectivity index (χ1) is 20.3. The number of non-ortho nitro benzene ring substituents is 1. The molecule has 4 aliphatic carbocycles. The van der Waals surface area contributed by atoms with Crippen LogP contribution >= 0.6 is 0 Å². The van der Waals surface area contributed by atoms with Crippen LogP contribution in [0.4, 0.5) is 5.69 Å². The molecule has 43 heavy (non-hydrogen) atoms. The highest BCUT2D eigenvalue weighted by molar-refractivity contribution is 5.96. The van der Waals surface area contributed by atoms with E-state index in [0.717, 1.165) is 56.7 Å². The summed E-state index contributed by atoms with van der Waals surface area (Å²) < 4.78 is 0. The largest absolute Gasteiger partial charge is 0.480 e. The van der Waals surface area contributed by atoms with Gasteiger partial charge in [-0.1, -0.05) is 36.7 Å². The van der Waals surface area contributed by atoms with Crippen molar-refractivity contribution < 1.29 is 34.4 Å². The number of carbonyl (C=O) groups excluding carboxylic acids is 2. The average molecular weight is 596 g/mol. The van der Waals surface area contributed by atoms with E-state index in [0.29, 0.717) is 30.0 Å². The maximum absolute atomic E-state index is 12.5. The van der Waals surface area contributed by atoms with Crippen LogP contribution in [-0.2, 0) is 19.2 Å². The summed E-state index contributed by atoms with van der Waals surface area (Å²) in [5.41, 5.74) is 1.98. The number of amides is 1. The number of ketones is 1. The van der Waals surface area contributed by atoms with Gasteiger partial charge in [-0.05, 0) is 98.5 Å². The van der Waals surface area contributed by atoms with Gasteiger partial charge < -0.3 is 20.4 Å². The number of aliphatic hydroxyl groups is 1. The van der Waals surface area contributed by atoms with E-state index in [4.69, 9.17) is 4.84 Å². The molecule has 3 N–H and O–H groups in total. The van der Waals surface area contributed by atoms with Crippen LogP contribution in [0.3, 0.4) is 0 Å². The summed E-state index contributed by atoms with van der Waals surface area (Å²) >= 11 is 0. The SMILES string of the molecule is CC(=O)C1CCC2C3CCC4=CC(=NOCC(=O)NC(C(=O)O)C(O)c5cccc([N+](=O)[O-])c5)CC[C@]4(C)C3CC[C@]12C. The first-order valence-corrected chi connectivity index (χ1v) is 15.2. The van der Waals surface area contributed by atoms with Crippen LogP contribution in [0.25, 0.3) is 0 Å². The minimum Gasteiger partial charge on any atom is -0.480 e. The van der Waals surface area contributed by atoms with Crippen molar-refractivity contribution in [3.05, 3.63) is 51.6 Å². The van der Waals surface area contributed by atoms with Crippen molar-refractivity contribution in [1.29, 1.82) is 0 Å². The normalized spacial score (nSPS) is 33.7. The van der Waals surface area contributed by atoms with Crippen molar-refractivity contribution in [2.24, 2.45) is 39.7 Å². The number of Topliss-reactive ketones (excluding diaryl/α,β-unsaturated/α-hetero) is 1. The number of carboxylic acid groups (broad SMARTS) is 1. The topological polar surface area (TPSA) is 168 Å². The van der Waals surface area contributed by atoms with Gasteiger partial charge in [0.1, 0.15) is 11.9 Å². The lowest BCUT2D eigenvalue weighted by atomic mass is 9.46. The zero-order chi connectivity index (χ0) is 31.1. The van der Waals surface area contributed by atoms with Crippen molar-refractivity contribution in [3.8, 4) is 0 Å². The molecule has 3 saturated carbocycles. The number of carbonyl (C=O) groups is 3. The molecule has 1 aromatic rings. The molecule has 4 aliphatic rings. The molecule has 0 bridgehead atoms. The molecule has 1 amide bonds. The number of nitro groups is 1. The number of nitro benzene ring substituents is 1. The number of aliphatic hydroxyl groups excluding tert-OH is 1. The number of nitrogens with one attached hydrogen (secondary N) is 1. The minimum absolute atomic E-state index is 0.0103. The van der Waals surface area contributed by atoms with E-state index in [9.17, 15) is 34.7 Å². The number of benzene rings is 1. The van der Waals surface area contributed by atoms with E-state index in [1.165, 1.54) is 23.8 Å². The van der Waals surface area contributed by atoms with Crippen LogP contribution in [0.15, 0.2) is 41.1 Å². The lowest BCUT2D eigenvalue weighted by Gasteiger charge is -2.58. The number of aliphatic carboxylic acids is 1. The number of carboxylic acids is 1. The van der Waals surface area contributed by atoms with Crippen LogP contribution in [0.1, 0.15) is 83.8 Å². The number of fused-ring (bicyclic) bond motifs is 5. The van der Waals surface area contributed by atoms with Crippen LogP contribution < -0.4 is 5.32 Å². The Balaban J connectivity index is 1.20. The van der Waals surface area contributed by atoms with Gasteiger partial charge in [-0.25, -0.2) is 4.79 Å². The molecular formula is C32H41N3O8. The number of nitrogens with zero attached hydrogens (tertiary/aromatic N) is 2. The molecule has 6 unspecified atom stereocenters. The highest BCUT2D eigenvalue weighted by atomic mass is 16.6. The maximum Gasteiger partial charge on any atom is 0.329 e. The summed E-state index contributed by atoms with van der Waals surface area (Å²) in [6.45, 7) is 5.94. The third-order valence-electron chi connectivity index (χ3n) is 11.2. The molecular weight excluding hydrogens is 554 g/mol. The van der Waals surface area contributed by atoms with Crippen LogP contribution in [0.5, 0.6) is 0 Å². The smallest absolute Gasteiger partial charge is 0.329 e. The molecule has 11 nitrogen and oxygen atoms in total. The number of oxime groups is 1. The van der Waals surface area contributed by atoms with Crippen LogP contribution in [-0.4, -0.2) is 51.2 Å². The molecule has 3 fully saturated rings. The molecule has 11 heteroatoms. The molecule has 0 saturated heterocycles. The second-order valence-electron chi connectivity index (χ2n) is 13.3. The standard InChI is InChI=1S/C32H41N3O8/c1-18(36)24-9-10-25-23-8-7-20-16-21(11-13-31(20,2)26(23)12-14-32(24,25)3)34-43-17-27(37)33-28(30(39)40)29(38)19-5-4-6-22(15-19)35(41)42/h4-6,15-16,23-26,28-29,38H,7-14,17H2,1-3H3,(H,33,37)(H,39,40)/t23?,24?,25?,26?,28?,29?,31-,32+/m0/s1. The van der Waals surface area contributed by atoms with Gasteiger partial charge in [0.2, 0.25) is 0 Å². The van der Waals surface area contributed by atoms with Gasteiger partial charge in [0.05, 0.1) is 10.6 Å². The summed E-state index contributed by atoms with van der Waals surface area (Å²) in [4.78, 5) is 52.4. The summed E-state index contributed by atoms with van der Waals surface area (Å²) in [7, 11) is 0. The van der Waals surface area contributed by atoms with Gasteiger partial charge in [0, 0.05) is 18.1 Å². The van der Waals surface area contributed by atoms with Gasteiger partial charge in [-0.15, -0.1) is 0 Å². The average Bonchev–Trinajstić information content (AvgIpc) is 3.33. The molecule has 0 aromatic heterocycles. The second kappa shape index (κ2) is 11.8. The van der Waals surface area contributed by atoms with Gasteiger partial charge in [0.25, 0.3) is 11.6 Å². The second-order valence-corrected chi connectivity index (χ2v) is 13.3. The lowest BCUT2D eigenvalue weighted by Crippen LogP contribution is -2.51. The fourth-order valence-corrected chi connectivity index (χ4v) is 8.99. The van der Waals surface area contributed by atoms with Crippen molar-refractivity contribution in [1.82, 2.24) is 5.32 Å². The van der Waals surface area contributed by atoms with Gasteiger partial charge in [-0.2, -0.15) is 0 Å². The summed E-state index contributed by atoms with van der Waals surface area (Å²) in [5.74, 6) is 0.0504. The van der Waals surface area contributed by atoms with E-state index in [-0.39, 0.29) is 28.0 Å². The van der Waals surface area contributed by atoms with Crippen LogP contribution in [0.2, 0.25) is 0 Å². The van der Waals surface area contributed by atoms with E-state index < -0.39 is 35.6 Å². The predicted octanol–water partition coefficient (Wildman–Crippen LogP) is 4.74. The fourth-order valence-electron chi connectivity index (χ4n) is 8.99. The first-order valence-electron chi connectivity index (χ1n) is 15.2. The first kappa shape index (κ1) is 30.8. The lowest BCUT2D eigenvalue weighted by molar-refractivity contribution is -0.385. The number of hydrogen-bond acceptors (Lipinski definition) is 8. The molecule has 232 valence electrons. The molecule has 5 rings (SSSR count). The highest BCUT2D eigenvalue weighted by Crippen LogP contribution is 2.66. The Labute approximate surface area is 250 Å². The summed E-state index contributed by atoms with van der Waals surface area (Å²) in [5, 5.41) is 37.6. The van der Waals surface area contributed by atoms with Crippen LogP contribution in [0, 0.1) is 44.6 Å².